The van der Waals surface area contributed by atoms with E-state index < -0.39 is 0 Å². The van der Waals surface area contributed by atoms with Crippen molar-refractivity contribution in [2.24, 2.45) is 0 Å². The summed E-state index contributed by atoms with van der Waals surface area (Å²) in [7, 11) is 0. The Morgan fingerprint density at radius 2 is 2.05 bits per heavy atom. The summed E-state index contributed by atoms with van der Waals surface area (Å²) >= 11 is 0. The van der Waals surface area contributed by atoms with Gasteiger partial charge < -0.3 is 10.4 Å². The highest BCUT2D eigenvalue weighted by Crippen LogP contribution is 2.16. The lowest BCUT2D eigenvalue weighted by atomic mass is 10.1. The first kappa shape index (κ1) is 16.7. The molecule has 1 heterocycles. The smallest absolute Gasteiger partial charge is 0.272 e. The number of anilines is 1. The van der Waals surface area contributed by atoms with Crippen LogP contribution in [-0.4, -0.2) is 28.0 Å². The highest BCUT2D eigenvalue weighted by atomic mass is 16.3. The van der Waals surface area contributed by atoms with Crippen LogP contribution >= 0.6 is 0 Å². The van der Waals surface area contributed by atoms with Crippen molar-refractivity contribution in [3.63, 3.8) is 0 Å². The van der Waals surface area contributed by atoms with Gasteiger partial charge in [0, 0.05) is 18.7 Å². The van der Waals surface area contributed by atoms with Crippen LogP contribution < -0.4 is 10.9 Å². The Labute approximate surface area is 121 Å². The first-order valence-corrected chi connectivity index (χ1v) is 7.38. The van der Waals surface area contributed by atoms with Crippen molar-refractivity contribution in [2.45, 2.75) is 58.9 Å². The van der Waals surface area contributed by atoms with Crippen molar-refractivity contribution >= 4 is 5.69 Å². The van der Waals surface area contributed by atoms with E-state index in [2.05, 4.69) is 17.3 Å². The van der Waals surface area contributed by atoms with Gasteiger partial charge in [-0.2, -0.15) is 5.10 Å². The van der Waals surface area contributed by atoms with Gasteiger partial charge in [0.1, 0.15) is 0 Å². The van der Waals surface area contributed by atoms with Gasteiger partial charge in [0.15, 0.2) is 0 Å². The molecule has 2 N–H and O–H groups in total. The Morgan fingerprint density at radius 3 is 2.60 bits per heavy atom. The van der Waals surface area contributed by atoms with Crippen LogP contribution in [0.4, 0.5) is 5.69 Å². The Kier molecular flexibility index (Phi) is 6.20. The molecular weight excluding hydrogens is 254 g/mol. The molecule has 20 heavy (non-hydrogen) atoms. The molecule has 0 saturated carbocycles. The van der Waals surface area contributed by atoms with Gasteiger partial charge in [-0.15, -0.1) is 0 Å². The summed E-state index contributed by atoms with van der Waals surface area (Å²) in [5, 5.41) is 16.3. The van der Waals surface area contributed by atoms with Crippen LogP contribution in [-0.2, 0) is 12.0 Å². The Morgan fingerprint density at radius 1 is 1.35 bits per heavy atom. The van der Waals surface area contributed by atoms with Crippen LogP contribution in [0.15, 0.2) is 11.0 Å². The van der Waals surface area contributed by atoms with Crippen LogP contribution in [0.3, 0.4) is 0 Å². The first-order chi connectivity index (χ1) is 9.41. The molecule has 5 heteroatoms. The van der Waals surface area contributed by atoms with Crippen LogP contribution in [0.2, 0.25) is 0 Å². The molecule has 0 saturated heterocycles. The van der Waals surface area contributed by atoms with Gasteiger partial charge >= 0.3 is 0 Å². The Bertz CT molecular complexity index is 475. The van der Waals surface area contributed by atoms with Crippen LogP contribution in [0, 0.1) is 0 Å². The fourth-order valence-corrected chi connectivity index (χ4v) is 2.02. The lowest BCUT2D eigenvalue weighted by Crippen LogP contribution is -2.38. The minimum atomic E-state index is -0.318. The van der Waals surface area contributed by atoms with E-state index >= 15 is 0 Å². The summed E-state index contributed by atoms with van der Waals surface area (Å²) in [4.78, 5) is 12.6. The quantitative estimate of drug-likeness (QED) is 0.751. The van der Waals surface area contributed by atoms with E-state index in [9.17, 15) is 4.79 Å². The third-order valence-corrected chi connectivity index (χ3v) is 3.14. The number of hydrogen-bond donors (Lipinski definition) is 2. The van der Waals surface area contributed by atoms with Crippen molar-refractivity contribution in [3.8, 4) is 0 Å². The van der Waals surface area contributed by atoms with Crippen LogP contribution in [0.25, 0.3) is 0 Å². The maximum atomic E-state index is 12.6. The van der Waals surface area contributed by atoms with E-state index in [1.54, 1.807) is 10.9 Å². The second-order valence-corrected chi connectivity index (χ2v) is 6.03. The molecule has 0 bridgehead atoms. The molecule has 1 rings (SSSR count). The SMILES string of the molecule is CCCCc1c(NCCCO)cnn(C(C)(C)C)c1=O. The lowest BCUT2D eigenvalue weighted by molar-refractivity contribution is 0.292. The van der Waals surface area contributed by atoms with Gasteiger partial charge in [0.2, 0.25) is 0 Å². The molecule has 0 atom stereocenters. The molecule has 114 valence electrons. The average molecular weight is 281 g/mol. The van der Waals surface area contributed by atoms with Crippen molar-refractivity contribution in [1.82, 2.24) is 9.78 Å². The van der Waals surface area contributed by atoms with Gasteiger partial charge in [-0.25, -0.2) is 4.68 Å². The van der Waals surface area contributed by atoms with Gasteiger partial charge in [-0.1, -0.05) is 13.3 Å². The standard InChI is InChI=1S/C15H27N3O2/c1-5-6-8-12-13(16-9-7-10-19)11-17-18(14(12)20)15(2,3)4/h11,16,19H,5-10H2,1-4H3. The molecule has 1 aromatic rings. The van der Waals surface area contributed by atoms with Crippen molar-refractivity contribution in [1.29, 1.82) is 0 Å². The van der Waals surface area contributed by atoms with E-state index in [4.69, 9.17) is 5.11 Å². The van der Waals surface area contributed by atoms with E-state index in [1.807, 2.05) is 20.8 Å². The van der Waals surface area contributed by atoms with Crippen molar-refractivity contribution in [3.05, 3.63) is 22.1 Å². The number of nitrogens with one attached hydrogen (secondary N) is 1. The molecule has 0 aliphatic carbocycles. The third-order valence-electron chi connectivity index (χ3n) is 3.14. The summed E-state index contributed by atoms with van der Waals surface area (Å²) in [5.74, 6) is 0. The Hall–Kier alpha value is -1.36. The number of unbranched alkanes of at least 4 members (excludes halogenated alkanes) is 1. The zero-order valence-electron chi connectivity index (χ0n) is 13.1. The molecule has 0 radical (unpaired) electrons. The van der Waals surface area contributed by atoms with Crippen molar-refractivity contribution < 1.29 is 5.11 Å². The molecule has 0 unspecified atom stereocenters. The predicted octanol–water partition coefficient (Wildman–Crippen LogP) is 2.14. The van der Waals surface area contributed by atoms with Crippen LogP contribution in [0.1, 0.15) is 52.5 Å². The number of rotatable bonds is 7. The van der Waals surface area contributed by atoms with Gasteiger partial charge in [-0.05, 0) is 40.0 Å². The summed E-state index contributed by atoms with van der Waals surface area (Å²) < 4.78 is 1.55. The highest BCUT2D eigenvalue weighted by molar-refractivity contribution is 5.48. The van der Waals surface area contributed by atoms with E-state index in [-0.39, 0.29) is 17.7 Å². The highest BCUT2D eigenvalue weighted by Gasteiger charge is 2.19. The van der Waals surface area contributed by atoms with Gasteiger partial charge in [-0.3, -0.25) is 4.79 Å². The summed E-state index contributed by atoms with van der Waals surface area (Å²) in [6.45, 7) is 8.83. The first-order valence-electron chi connectivity index (χ1n) is 7.38. The molecule has 1 aromatic heterocycles. The molecule has 5 nitrogen and oxygen atoms in total. The second-order valence-electron chi connectivity index (χ2n) is 6.03. The zero-order chi connectivity index (χ0) is 15.2. The summed E-state index contributed by atoms with van der Waals surface area (Å²) in [5.41, 5.74) is 1.27. The average Bonchev–Trinajstić information content (AvgIpc) is 2.37. The minimum Gasteiger partial charge on any atom is -0.396 e. The molecule has 0 spiro atoms. The fourth-order valence-electron chi connectivity index (χ4n) is 2.02. The predicted molar refractivity (Wildman–Crippen MR) is 82.3 cm³/mol. The third kappa shape index (κ3) is 4.34. The molecule has 0 aromatic carbocycles. The fraction of sp³-hybridized carbons (Fsp3) is 0.733. The monoisotopic (exact) mass is 281 g/mol. The van der Waals surface area contributed by atoms with E-state index in [0.717, 1.165) is 30.5 Å². The van der Waals surface area contributed by atoms with Crippen molar-refractivity contribution in [2.75, 3.05) is 18.5 Å². The maximum Gasteiger partial charge on any atom is 0.272 e. The largest absolute Gasteiger partial charge is 0.396 e. The maximum absolute atomic E-state index is 12.6. The van der Waals surface area contributed by atoms with Crippen LogP contribution in [0.5, 0.6) is 0 Å². The number of hydrogen-bond acceptors (Lipinski definition) is 4. The number of aliphatic hydroxyl groups is 1. The number of aliphatic hydroxyl groups excluding tert-OH is 1. The topological polar surface area (TPSA) is 67.2 Å². The molecule has 0 aliphatic rings. The molecule has 0 amide bonds. The zero-order valence-corrected chi connectivity index (χ0v) is 13.1. The normalized spacial score (nSPS) is 11.7. The lowest BCUT2D eigenvalue weighted by Gasteiger charge is -2.22. The van der Waals surface area contributed by atoms with Gasteiger partial charge in [0.05, 0.1) is 17.4 Å². The number of aromatic nitrogens is 2. The molecule has 0 fully saturated rings. The second kappa shape index (κ2) is 7.43. The van der Waals surface area contributed by atoms with E-state index in [1.165, 1.54) is 0 Å². The summed E-state index contributed by atoms with van der Waals surface area (Å²) in [6, 6.07) is 0. The minimum absolute atomic E-state index is 0.0139. The number of nitrogens with zero attached hydrogens (tertiary/aromatic N) is 2. The Balaban J connectivity index is 3.11. The molecule has 0 aliphatic heterocycles. The summed E-state index contributed by atoms with van der Waals surface area (Å²) in [6.07, 6.45) is 5.19. The van der Waals surface area contributed by atoms with Gasteiger partial charge in [0.25, 0.3) is 5.56 Å². The van der Waals surface area contributed by atoms with E-state index in [0.29, 0.717) is 13.0 Å². The molecular formula is C15H27N3O2.